The molecule has 1 aliphatic carbocycles. The quantitative estimate of drug-likeness (QED) is 0.726. The summed E-state index contributed by atoms with van der Waals surface area (Å²) in [5.74, 6) is 0.523. The Hall–Kier alpha value is -0.910. The van der Waals surface area contributed by atoms with Crippen LogP contribution in [0.4, 0.5) is 0 Å². The van der Waals surface area contributed by atoms with Crippen LogP contribution < -0.4 is 10.0 Å². The average Bonchev–Trinajstić information content (AvgIpc) is 2.39. The lowest BCUT2D eigenvalue weighted by molar-refractivity contribution is 0.316. The van der Waals surface area contributed by atoms with Crippen LogP contribution in [0.5, 0.6) is 0 Å². The molecule has 2 rings (SSSR count). The zero-order valence-electron chi connectivity index (χ0n) is 13.0. The van der Waals surface area contributed by atoms with Crippen molar-refractivity contribution in [1.82, 2.24) is 10.0 Å². The van der Waals surface area contributed by atoms with Gasteiger partial charge in [-0.1, -0.05) is 25.5 Å². The molecule has 21 heavy (non-hydrogen) atoms. The van der Waals surface area contributed by atoms with Gasteiger partial charge in [0.25, 0.3) is 0 Å². The number of benzene rings is 1. The number of rotatable bonds is 8. The molecule has 0 bridgehead atoms. The maximum Gasteiger partial charge on any atom is 0.240 e. The molecule has 1 aromatic carbocycles. The summed E-state index contributed by atoms with van der Waals surface area (Å²) >= 11 is 0. The van der Waals surface area contributed by atoms with Crippen LogP contribution in [-0.2, 0) is 16.6 Å². The first-order valence-electron chi connectivity index (χ1n) is 7.83. The third kappa shape index (κ3) is 4.28. The smallest absolute Gasteiger partial charge is 0.240 e. The van der Waals surface area contributed by atoms with Crippen LogP contribution >= 0.6 is 0 Å². The maximum absolute atomic E-state index is 12.4. The van der Waals surface area contributed by atoms with Gasteiger partial charge in [-0.25, -0.2) is 13.1 Å². The van der Waals surface area contributed by atoms with E-state index >= 15 is 0 Å². The Balaban J connectivity index is 2.08. The van der Waals surface area contributed by atoms with Gasteiger partial charge >= 0.3 is 0 Å². The van der Waals surface area contributed by atoms with E-state index in [0.717, 1.165) is 36.9 Å². The van der Waals surface area contributed by atoms with Gasteiger partial charge in [0.1, 0.15) is 0 Å². The summed E-state index contributed by atoms with van der Waals surface area (Å²) in [5, 5.41) is 3.32. The monoisotopic (exact) mass is 310 g/mol. The molecule has 1 aliphatic rings. The molecule has 0 heterocycles. The largest absolute Gasteiger partial charge is 0.313 e. The predicted molar refractivity (Wildman–Crippen MR) is 85.7 cm³/mol. The van der Waals surface area contributed by atoms with Crippen LogP contribution in [0.25, 0.3) is 0 Å². The minimum absolute atomic E-state index is 0.414. The lowest BCUT2D eigenvalue weighted by Gasteiger charge is -2.25. The molecule has 5 heteroatoms. The van der Waals surface area contributed by atoms with E-state index in [2.05, 4.69) is 17.0 Å². The van der Waals surface area contributed by atoms with E-state index in [1.165, 1.54) is 6.42 Å². The second kappa shape index (κ2) is 7.38. The highest BCUT2D eigenvalue weighted by molar-refractivity contribution is 7.89. The number of hydrogen-bond donors (Lipinski definition) is 2. The van der Waals surface area contributed by atoms with Gasteiger partial charge in [-0.3, -0.25) is 0 Å². The highest BCUT2D eigenvalue weighted by Gasteiger charge is 2.22. The Labute approximate surface area is 128 Å². The maximum atomic E-state index is 12.4. The van der Waals surface area contributed by atoms with Crippen molar-refractivity contribution in [2.24, 2.45) is 5.92 Å². The zero-order chi connectivity index (χ0) is 15.3. The molecule has 0 aromatic heterocycles. The first-order chi connectivity index (χ1) is 10.0. The lowest BCUT2D eigenvalue weighted by atomic mass is 9.86. The fourth-order valence-electron chi connectivity index (χ4n) is 2.54. The molecule has 0 unspecified atom stereocenters. The van der Waals surface area contributed by atoms with Crippen LogP contribution in [-0.4, -0.2) is 21.5 Å². The van der Waals surface area contributed by atoms with Gasteiger partial charge < -0.3 is 5.32 Å². The molecule has 0 atom stereocenters. The highest BCUT2D eigenvalue weighted by Crippen LogP contribution is 2.26. The summed E-state index contributed by atoms with van der Waals surface area (Å²) in [5.41, 5.74) is 1.90. The molecule has 1 aromatic rings. The van der Waals surface area contributed by atoms with Crippen LogP contribution in [0.1, 0.15) is 43.7 Å². The van der Waals surface area contributed by atoms with E-state index in [4.69, 9.17) is 0 Å². The Morgan fingerprint density at radius 1 is 1.29 bits per heavy atom. The summed E-state index contributed by atoms with van der Waals surface area (Å²) < 4.78 is 27.7. The van der Waals surface area contributed by atoms with Crippen molar-refractivity contribution in [3.63, 3.8) is 0 Å². The Bertz CT molecular complexity index is 566. The number of sulfonamides is 1. The zero-order valence-corrected chi connectivity index (χ0v) is 13.8. The topological polar surface area (TPSA) is 58.2 Å². The predicted octanol–water partition coefficient (Wildman–Crippen LogP) is 2.57. The van der Waals surface area contributed by atoms with Gasteiger partial charge in [0, 0.05) is 13.1 Å². The Kier molecular flexibility index (Phi) is 5.79. The third-order valence-electron chi connectivity index (χ3n) is 4.21. The summed E-state index contributed by atoms with van der Waals surface area (Å²) in [7, 11) is -3.39. The minimum Gasteiger partial charge on any atom is -0.313 e. The normalized spacial score (nSPS) is 15.9. The van der Waals surface area contributed by atoms with E-state index in [1.54, 1.807) is 6.07 Å². The summed E-state index contributed by atoms with van der Waals surface area (Å²) in [6, 6.07) is 5.51. The van der Waals surface area contributed by atoms with Crippen molar-refractivity contribution in [3.8, 4) is 0 Å². The number of nitrogens with one attached hydrogen (secondary N) is 2. The van der Waals surface area contributed by atoms with Crippen molar-refractivity contribution in [2.45, 2.75) is 51.0 Å². The molecule has 4 nitrogen and oxygen atoms in total. The third-order valence-corrected chi connectivity index (χ3v) is 5.78. The standard InChI is InChI=1S/C16H26N2O2S/c1-3-10-17-12-15-8-5-9-16(13(15)2)21(19,20)18-11-14-6-4-7-14/h5,8-9,14,17-18H,3-4,6-7,10-12H2,1-2H3. The molecule has 0 spiro atoms. The van der Waals surface area contributed by atoms with Crippen molar-refractivity contribution in [3.05, 3.63) is 29.3 Å². The van der Waals surface area contributed by atoms with Crippen molar-refractivity contribution in [2.75, 3.05) is 13.1 Å². The van der Waals surface area contributed by atoms with Crippen LogP contribution in [0.2, 0.25) is 0 Å². The minimum atomic E-state index is -3.39. The van der Waals surface area contributed by atoms with E-state index in [1.807, 2.05) is 19.1 Å². The second-order valence-electron chi connectivity index (χ2n) is 5.87. The van der Waals surface area contributed by atoms with Gasteiger partial charge in [-0.2, -0.15) is 0 Å². The molecule has 118 valence electrons. The molecule has 0 amide bonds. The van der Waals surface area contributed by atoms with E-state index in [-0.39, 0.29) is 0 Å². The SMILES string of the molecule is CCCNCc1cccc(S(=O)(=O)NCC2CCC2)c1C. The lowest BCUT2D eigenvalue weighted by Crippen LogP contribution is -2.32. The first kappa shape index (κ1) is 16.5. The van der Waals surface area contributed by atoms with Gasteiger partial charge in [0.05, 0.1) is 4.90 Å². The fraction of sp³-hybridized carbons (Fsp3) is 0.625. The molecule has 1 fully saturated rings. The molecular weight excluding hydrogens is 284 g/mol. The molecule has 0 aliphatic heterocycles. The van der Waals surface area contributed by atoms with E-state index in [9.17, 15) is 8.42 Å². The van der Waals surface area contributed by atoms with Crippen molar-refractivity contribution < 1.29 is 8.42 Å². The second-order valence-corrected chi connectivity index (χ2v) is 7.60. The average molecular weight is 310 g/mol. The summed E-state index contributed by atoms with van der Waals surface area (Å²) in [6.45, 7) is 6.23. The molecule has 2 N–H and O–H groups in total. The van der Waals surface area contributed by atoms with Gasteiger partial charge in [0.15, 0.2) is 0 Å². The van der Waals surface area contributed by atoms with Crippen LogP contribution in [0.15, 0.2) is 23.1 Å². The molecule has 0 saturated heterocycles. The van der Waals surface area contributed by atoms with Crippen molar-refractivity contribution in [1.29, 1.82) is 0 Å². The fourth-order valence-corrected chi connectivity index (χ4v) is 3.95. The van der Waals surface area contributed by atoms with Gasteiger partial charge in [-0.05, 0) is 55.8 Å². The summed E-state index contributed by atoms with van der Waals surface area (Å²) in [4.78, 5) is 0.414. The van der Waals surface area contributed by atoms with E-state index in [0.29, 0.717) is 23.9 Å². The molecule has 0 radical (unpaired) electrons. The van der Waals surface area contributed by atoms with Crippen LogP contribution in [0.3, 0.4) is 0 Å². The van der Waals surface area contributed by atoms with Crippen molar-refractivity contribution >= 4 is 10.0 Å². The summed E-state index contributed by atoms with van der Waals surface area (Å²) in [6.07, 6.45) is 4.58. The number of hydrogen-bond acceptors (Lipinski definition) is 3. The van der Waals surface area contributed by atoms with Gasteiger partial charge in [-0.15, -0.1) is 0 Å². The van der Waals surface area contributed by atoms with Crippen LogP contribution in [0, 0.1) is 12.8 Å². The van der Waals surface area contributed by atoms with E-state index < -0.39 is 10.0 Å². The Morgan fingerprint density at radius 3 is 2.67 bits per heavy atom. The first-order valence-corrected chi connectivity index (χ1v) is 9.31. The molecule has 1 saturated carbocycles. The molecular formula is C16H26N2O2S. The van der Waals surface area contributed by atoms with Gasteiger partial charge in [0.2, 0.25) is 10.0 Å². The highest BCUT2D eigenvalue weighted by atomic mass is 32.2. The Morgan fingerprint density at radius 2 is 2.05 bits per heavy atom.